The number of sulfonamides is 1. The van der Waals surface area contributed by atoms with Gasteiger partial charge in [-0.15, -0.1) is 0 Å². The first kappa shape index (κ1) is 19.6. The van der Waals surface area contributed by atoms with Gasteiger partial charge in [0.2, 0.25) is 10.0 Å². The number of esters is 1. The van der Waals surface area contributed by atoms with E-state index in [-0.39, 0.29) is 11.3 Å². The molecule has 0 radical (unpaired) electrons. The number of rotatable bonds is 6. The first-order chi connectivity index (χ1) is 11.8. The number of carbonyl (C=O) groups is 1. The van der Waals surface area contributed by atoms with E-state index < -0.39 is 16.0 Å². The fraction of sp³-hybridized carbons (Fsp3) is 0.188. The van der Waals surface area contributed by atoms with Gasteiger partial charge in [0.25, 0.3) is 0 Å². The molecule has 0 fully saturated rings. The third-order valence-electron chi connectivity index (χ3n) is 3.09. The molecule has 0 bridgehead atoms. The van der Waals surface area contributed by atoms with E-state index in [1.54, 1.807) is 18.4 Å². The standard InChI is InChI=1S/C16H16BrNO5S2/c1-22-16(19)12-9-15(23-11-7-5-4-6-8-11)13(17)10-14(12)18(24-2)25(3,20)21/h4-10H,1-3H3. The van der Waals surface area contributed by atoms with Crippen LogP contribution >= 0.6 is 27.9 Å². The lowest BCUT2D eigenvalue weighted by molar-refractivity contribution is 0.0601. The van der Waals surface area contributed by atoms with Gasteiger partial charge in [0.1, 0.15) is 11.5 Å². The van der Waals surface area contributed by atoms with Gasteiger partial charge in [0.05, 0.1) is 29.1 Å². The summed E-state index contributed by atoms with van der Waals surface area (Å²) in [5.41, 5.74) is 0.269. The molecule has 0 aliphatic rings. The number of benzene rings is 2. The maximum Gasteiger partial charge on any atom is 0.340 e. The van der Waals surface area contributed by atoms with Gasteiger partial charge in [-0.25, -0.2) is 16.9 Å². The van der Waals surface area contributed by atoms with E-state index in [1.807, 2.05) is 18.2 Å². The zero-order valence-electron chi connectivity index (χ0n) is 13.7. The molecule has 0 saturated heterocycles. The van der Waals surface area contributed by atoms with Crippen LogP contribution < -0.4 is 8.45 Å². The first-order valence-electron chi connectivity index (χ1n) is 6.97. The molecule has 9 heteroatoms. The van der Waals surface area contributed by atoms with Crippen LogP contribution in [0.25, 0.3) is 0 Å². The Hall–Kier alpha value is -1.71. The van der Waals surface area contributed by atoms with E-state index in [0.29, 0.717) is 16.0 Å². The van der Waals surface area contributed by atoms with E-state index in [2.05, 4.69) is 15.9 Å². The molecule has 0 amide bonds. The lowest BCUT2D eigenvalue weighted by Crippen LogP contribution is -2.24. The van der Waals surface area contributed by atoms with Crippen LogP contribution in [0.3, 0.4) is 0 Å². The third kappa shape index (κ3) is 4.68. The summed E-state index contributed by atoms with van der Waals surface area (Å²) in [5.74, 6) is 0.282. The summed E-state index contributed by atoms with van der Waals surface area (Å²) in [4.78, 5) is 12.2. The number of halogens is 1. The maximum atomic E-state index is 12.2. The summed E-state index contributed by atoms with van der Waals surface area (Å²) in [7, 11) is -2.36. The molecular formula is C16H16BrNO5S2. The molecule has 0 unspecified atom stereocenters. The molecule has 25 heavy (non-hydrogen) atoms. The van der Waals surface area contributed by atoms with Gasteiger partial charge < -0.3 is 9.47 Å². The maximum absolute atomic E-state index is 12.2. The van der Waals surface area contributed by atoms with Crippen molar-refractivity contribution in [3.63, 3.8) is 0 Å². The molecule has 2 aromatic rings. The van der Waals surface area contributed by atoms with Gasteiger partial charge in [-0.05, 0) is 52.1 Å². The number of anilines is 1. The Morgan fingerprint density at radius 3 is 2.36 bits per heavy atom. The quantitative estimate of drug-likeness (QED) is 0.492. The van der Waals surface area contributed by atoms with Gasteiger partial charge in [0, 0.05) is 6.26 Å². The van der Waals surface area contributed by atoms with Crippen LogP contribution in [-0.2, 0) is 14.8 Å². The molecular weight excluding hydrogens is 430 g/mol. The number of nitrogens with zero attached hydrogens (tertiary/aromatic N) is 1. The molecule has 2 rings (SSSR count). The minimum absolute atomic E-state index is 0.0800. The predicted octanol–water partition coefficient (Wildman–Crippen LogP) is 4.07. The zero-order valence-corrected chi connectivity index (χ0v) is 16.9. The summed E-state index contributed by atoms with van der Waals surface area (Å²) >= 11 is 4.33. The summed E-state index contributed by atoms with van der Waals surface area (Å²) in [6.45, 7) is 0. The van der Waals surface area contributed by atoms with Crippen LogP contribution in [0.15, 0.2) is 46.9 Å². The van der Waals surface area contributed by atoms with E-state index in [4.69, 9.17) is 9.47 Å². The molecule has 0 spiro atoms. The fourth-order valence-corrected chi connectivity index (χ4v) is 4.42. The Bertz CT molecular complexity index is 872. The number of hydrogen-bond acceptors (Lipinski definition) is 6. The Kier molecular flexibility index (Phi) is 6.36. The lowest BCUT2D eigenvalue weighted by atomic mass is 10.1. The van der Waals surface area contributed by atoms with Crippen LogP contribution in [0.2, 0.25) is 0 Å². The molecule has 2 aromatic carbocycles. The van der Waals surface area contributed by atoms with Crippen molar-refractivity contribution in [2.45, 2.75) is 0 Å². The number of para-hydroxylation sites is 1. The SMILES string of the molecule is COC(=O)c1cc(Oc2ccccc2)c(Br)cc1N(SC)S(C)(=O)=O. The fourth-order valence-electron chi connectivity index (χ4n) is 2.07. The lowest BCUT2D eigenvalue weighted by Gasteiger charge is -2.22. The summed E-state index contributed by atoms with van der Waals surface area (Å²) < 4.78 is 36.2. The molecule has 0 saturated carbocycles. The molecule has 6 nitrogen and oxygen atoms in total. The van der Waals surface area contributed by atoms with Gasteiger partial charge in [-0.3, -0.25) is 0 Å². The molecule has 0 aliphatic heterocycles. The summed E-state index contributed by atoms with van der Waals surface area (Å²) in [6, 6.07) is 12.0. The highest BCUT2D eigenvalue weighted by atomic mass is 79.9. The van der Waals surface area contributed by atoms with Gasteiger partial charge >= 0.3 is 5.97 Å². The third-order valence-corrected chi connectivity index (χ3v) is 6.30. The molecule has 0 aliphatic carbocycles. The van der Waals surface area contributed by atoms with E-state index in [9.17, 15) is 13.2 Å². The second kappa shape index (κ2) is 8.11. The van der Waals surface area contributed by atoms with Crippen LogP contribution in [0, 0.1) is 0 Å². The molecule has 0 aromatic heterocycles. The largest absolute Gasteiger partial charge is 0.465 e. The van der Waals surface area contributed by atoms with Crippen molar-refractivity contribution in [1.29, 1.82) is 0 Å². The van der Waals surface area contributed by atoms with Crippen molar-refractivity contribution in [2.24, 2.45) is 0 Å². The van der Waals surface area contributed by atoms with E-state index in [0.717, 1.165) is 21.9 Å². The van der Waals surface area contributed by atoms with Crippen molar-refractivity contribution < 1.29 is 22.7 Å². The van der Waals surface area contributed by atoms with Crippen molar-refractivity contribution >= 4 is 49.6 Å². The predicted molar refractivity (Wildman–Crippen MR) is 103 cm³/mol. The van der Waals surface area contributed by atoms with Gasteiger partial charge in [-0.1, -0.05) is 18.2 Å². The summed E-state index contributed by atoms with van der Waals surface area (Å²) in [6.07, 6.45) is 2.66. The van der Waals surface area contributed by atoms with Gasteiger partial charge in [-0.2, -0.15) is 0 Å². The van der Waals surface area contributed by atoms with E-state index >= 15 is 0 Å². The zero-order chi connectivity index (χ0) is 18.6. The molecule has 0 atom stereocenters. The smallest absolute Gasteiger partial charge is 0.340 e. The number of methoxy groups -OCH3 is 1. The van der Waals surface area contributed by atoms with Crippen LogP contribution in [0.5, 0.6) is 11.5 Å². The number of ether oxygens (including phenoxy) is 2. The Morgan fingerprint density at radius 1 is 1.20 bits per heavy atom. The van der Waals surface area contributed by atoms with Gasteiger partial charge in [0.15, 0.2) is 0 Å². The van der Waals surface area contributed by atoms with E-state index in [1.165, 1.54) is 19.2 Å². The normalized spacial score (nSPS) is 11.0. The molecule has 134 valence electrons. The molecule has 0 heterocycles. The van der Waals surface area contributed by atoms with Crippen molar-refractivity contribution in [3.8, 4) is 11.5 Å². The molecule has 0 N–H and O–H groups in total. The number of hydrogen-bond donors (Lipinski definition) is 0. The average Bonchev–Trinajstić information content (AvgIpc) is 2.56. The average molecular weight is 446 g/mol. The highest BCUT2D eigenvalue weighted by Crippen LogP contribution is 2.38. The highest BCUT2D eigenvalue weighted by Gasteiger charge is 2.26. The van der Waals surface area contributed by atoms with Crippen LogP contribution in [-0.4, -0.2) is 34.0 Å². The van der Waals surface area contributed by atoms with Crippen molar-refractivity contribution in [3.05, 3.63) is 52.5 Å². The monoisotopic (exact) mass is 445 g/mol. The van der Waals surface area contributed by atoms with Crippen LogP contribution in [0.1, 0.15) is 10.4 Å². The van der Waals surface area contributed by atoms with Crippen molar-refractivity contribution in [2.75, 3.05) is 23.3 Å². The number of carbonyl (C=O) groups excluding carboxylic acids is 1. The Balaban J connectivity index is 2.58. The minimum atomic E-state index is -3.59. The highest BCUT2D eigenvalue weighted by molar-refractivity contribution is 9.10. The minimum Gasteiger partial charge on any atom is -0.465 e. The van der Waals surface area contributed by atoms with Crippen LogP contribution in [0.4, 0.5) is 5.69 Å². The Labute approximate surface area is 159 Å². The first-order valence-corrected chi connectivity index (χ1v) is 10.8. The topological polar surface area (TPSA) is 72.9 Å². The second-order valence-electron chi connectivity index (χ2n) is 4.88. The van der Waals surface area contributed by atoms with Crippen molar-refractivity contribution in [1.82, 2.24) is 0 Å². The Morgan fingerprint density at radius 2 is 1.84 bits per heavy atom. The summed E-state index contributed by atoms with van der Waals surface area (Å²) in [5, 5.41) is 0. The second-order valence-corrected chi connectivity index (χ2v) is 8.53.